The Balaban J connectivity index is 1.16. The number of carbonyl (C=O) groups is 1. The third-order valence-corrected chi connectivity index (χ3v) is 9.84. The number of aryl methyl sites for hydroxylation is 2. The molecule has 4 nitrogen and oxygen atoms in total. The van der Waals surface area contributed by atoms with Crippen LogP contribution in [-0.2, 0) is 11.2 Å². The van der Waals surface area contributed by atoms with Crippen LogP contribution < -0.4 is 0 Å². The standard InChI is InChI=1S/C34H48N2O2/c1-26-15-17-27(18-16-26)9-8-10-28-19-21-35(22-20-28)23-31-24-36(25-32(31)29-11-4-2-5-12-29)33(34(37)38)30-13-6-3-7-14-30/h2,4-5,11-12,15-18,28,30-33H,3,6-10,13-14,19-25H2,1H3,(H,37,38)/t31-,32+,33+/m0/s1. The number of benzene rings is 2. The van der Waals surface area contributed by atoms with Crippen LogP contribution in [0, 0.1) is 24.7 Å². The van der Waals surface area contributed by atoms with Crippen molar-refractivity contribution in [2.24, 2.45) is 17.8 Å². The topological polar surface area (TPSA) is 43.8 Å². The van der Waals surface area contributed by atoms with E-state index in [0.29, 0.717) is 17.8 Å². The van der Waals surface area contributed by atoms with Gasteiger partial charge in [-0.15, -0.1) is 0 Å². The molecule has 0 unspecified atom stereocenters. The molecule has 5 rings (SSSR count). The van der Waals surface area contributed by atoms with E-state index in [2.05, 4.69) is 71.3 Å². The minimum Gasteiger partial charge on any atom is -0.480 e. The van der Waals surface area contributed by atoms with Gasteiger partial charge in [0.25, 0.3) is 0 Å². The molecule has 2 aromatic carbocycles. The van der Waals surface area contributed by atoms with Gasteiger partial charge in [0.05, 0.1) is 0 Å². The summed E-state index contributed by atoms with van der Waals surface area (Å²) >= 11 is 0. The number of carboxylic acids is 1. The molecular weight excluding hydrogens is 468 g/mol. The minimum absolute atomic E-state index is 0.312. The van der Waals surface area contributed by atoms with Crippen LogP contribution in [0.2, 0.25) is 0 Å². The molecule has 2 aromatic rings. The second-order valence-electron chi connectivity index (χ2n) is 12.5. The highest BCUT2D eigenvalue weighted by Crippen LogP contribution is 2.38. The van der Waals surface area contributed by atoms with Crippen LogP contribution in [0.25, 0.3) is 0 Å². The number of likely N-dealkylation sites (tertiary alicyclic amines) is 2. The lowest BCUT2D eigenvalue weighted by molar-refractivity contribution is -0.145. The molecule has 1 N–H and O–H groups in total. The van der Waals surface area contributed by atoms with Gasteiger partial charge in [-0.05, 0) is 87.4 Å². The number of carboxylic acid groups (broad SMARTS) is 1. The first-order valence-electron chi connectivity index (χ1n) is 15.4. The molecule has 2 aliphatic heterocycles. The van der Waals surface area contributed by atoms with Gasteiger partial charge in [-0.25, -0.2) is 0 Å². The summed E-state index contributed by atoms with van der Waals surface area (Å²) in [5, 5.41) is 10.3. The lowest BCUT2D eigenvalue weighted by Crippen LogP contribution is -2.46. The molecule has 4 heteroatoms. The molecule has 0 aromatic heterocycles. The third-order valence-electron chi connectivity index (χ3n) is 9.84. The SMILES string of the molecule is Cc1ccc(CCCC2CCN(C[C@H]3CN([C@@H](C(=O)O)C4CCCCC4)C[C@@H]3c3ccccc3)CC2)cc1. The summed E-state index contributed by atoms with van der Waals surface area (Å²) in [6, 6.07) is 19.6. The summed E-state index contributed by atoms with van der Waals surface area (Å²) in [6.45, 7) is 7.45. The predicted octanol–water partition coefficient (Wildman–Crippen LogP) is 6.78. The maximum absolute atomic E-state index is 12.5. The first-order valence-corrected chi connectivity index (χ1v) is 15.4. The zero-order chi connectivity index (χ0) is 26.3. The molecule has 0 bridgehead atoms. The van der Waals surface area contributed by atoms with E-state index in [0.717, 1.165) is 38.4 Å². The average molecular weight is 517 g/mol. The maximum atomic E-state index is 12.5. The molecule has 1 saturated carbocycles. The highest BCUT2D eigenvalue weighted by molar-refractivity contribution is 5.74. The average Bonchev–Trinajstić information content (AvgIpc) is 3.34. The van der Waals surface area contributed by atoms with Crippen molar-refractivity contribution in [1.29, 1.82) is 0 Å². The van der Waals surface area contributed by atoms with E-state index < -0.39 is 5.97 Å². The summed E-state index contributed by atoms with van der Waals surface area (Å²) in [7, 11) is 0. The van der Waals surface area contributed by atoms with E-state index in [9.17, 15) is 9.90 Å². The van der Waals surface area contributed by atoms with E-state index in [1.54, 1.807) is 0 Å². The van der Waals surface area contributed by atoms with E-state index in [-0.39, 0.29) is 6.04 Å². The summed E-state index contributed by atoms with van der Waals surface area (Å²) < 4.78 is 0. The first kappa shape index (κ1) is 27.4. The van der Waals surface area contributed by atoms with Crippen molar-refractivity contribution in [3.8, 4) is 0 Å². The van der Waals surface area contributed by atoms with Gasteiger partial charge < -0.3 is 10.0 Å². The Labute approximate surface area is 230 Å². The van der Waals surface area contributed by atoms with Gasteiger partial charge >= 0.3 is 5.97 Å². The van der Waals surface area contributed by atoms with Crippen LogP contribution in [0.5, 0.6) is 0 Å². The molecule has 0 spiro atoms. The van der Waals surface area contributed by atoms with Crippen molar-refractivity contribution in [2.45, 2.75) is 83.1 Å². The minimum atomic E-state index is -0.601. The van der Waals surface area contributed by atoms with Gasteiger partial charge in [-0.3, -0.25) is 9.69 Å². The van der Waals surface area contributed by atoms with Crippen molar-refractivity contribution < 1.29 is 9.90 Å². The molecule has 2 saturated heterocycles. The van der Waals surface area contributed by atoms with Crippen LogP contribution in [-0.4, -0.2) is 59.6 Å². The monoisotopic (exact) mass is 516 g/mol. The number of nitrogens with zero attached hydrogens (tertiary/aromatic N) is 2. The molecule has 2 heterocycles. The molecule has 1 aliphatic carbocycles. The fourth-order valence-electron chi connectivity index (χ4n) is 7.64. The molecule has 206 valence electrons. The Morgan fingerprint density at radius 3 is 2.32 bits per heavy atom. The van der Waals surface area contributed by atoms with Crippen molar-refractivity contribution >= 4 is 5.97 Å². The van der Waals surface area contributed by atoms with Crippen LogP contribution in [0.3, 0.4) is 0 Å². The summed E-state index contributed by atoms with van der Waals surface area (Å²) in [5.41, 5.74) is 4.20. The second kappa shape index (κ2) is 13.3. The number of hydrogen-bond donors (Lipinski definition) is 1. The van der Waals surface area contributed by atoms with Crippen molar-refractivity contribution in [3.05, 3.63) is 71.3 Å². The van der Waals surface area contributed by atoms with Crippen LogP contribution in [0.15, 0.2) is 54.6 Å². The fraction of sp³-hybridized carbons (Fsp3) is 0.618. The van der Waals surface area contributed by atoms with Gasteiger partial charge in [0.1, 0.15) is 6.04 Å². The Morgan fingerprint density at radius 1 is 0.921 bits per heavy atom. The maximum Gasteiger partial charge on any atom is 0.321 e. The Bertz CT molecular complexity index is 993. The van der Waals surface area contributed by atoms with E-state index in [1.807, 2.05) is 0 Å². The second-order valence-corrected chi connectivity index (χ2v) is 12.5. The van der Waals surface area contributed by atoms with Gasteiger partial charge in [0.2, 0.25) is 0 Å². The molecule has 3 aliphatic rings. The fourth-order valence-corrected chi connectivity index (χ4v) is 7.64. The van der Waals surface area contributed by atoms with Gasteiger partial charge in [-0.2, -0.15) is 0 Å². The number of hydrogen-bond acceptors (Lipinski definition) is 3. The molecule has 0 radical (unpaired) electrons. The lowest BCUT2D eigenvalue weighted by Gasteiger charge is -2.35. The zero-order valence-corrected chi connectivity index (χ0v) is 23.4. The molecule has 0 amide bonds. The van der Waals surface area contributed by atoms with E-state index in [4.69, 9.17) is 0 Å². The normalized spacial score (nSPS) is 25.0. The van der Waals surface area contributed by atoms with E-state index >= 15 is 0 Å². The molecule has 3 fully saturated rings. The van der Waals surface area contributed by atoms with Crippen LogP contribution in [0.1, 0.15) is 80.4 Å². The number of aliphatic carboxylic acids is 1. The largest absolute Gasteiger partial charge is 0.480 e. The number of rotatable bonds is 10. The molecule has 3 atom stereocenters. The van der Waals surface area contributed by atoms with Crippen LogP contribution >= 0.6 is 0 Å². The van der Waals surface area contributed by atoms with Crippen LogP contribution in [0.4, 0.5) is 0 Å². The number of piperidine rings is 1. The first-order chi connectivity index (χ1) is 18.6. The van der Waals surface area contributed by atoms with Crippen molar-refractivity contribution in [1.82, 2.24) is 9.80 Å². The Morgan fingerprint density at radius 2 is 1.63 bits per heavy atom. The van der Waals surface area contributed by atoms with Gasteiger partial charge in [-0.1, -0.05) is 85.8 Å². The van der Waals surface area contributed by atoms with Gasteiger partial charge in [0, 0.05) is 25.6 Å². The summed E-state index contributed by atoms with van der Waals surface area (Å²) in [4.78, 5) is 17.6. The highest BCUT2D eigenvalue weighted by Gasteiger charge is 2.43. The summed E-state index contributed by atoms with van der Waals surface area (Å²) in [5.74, 6) is 1.49. The Kier molecular flexibility index (Phi) is 9.56. The highest BCUT2D eigenvalue weighted by atomic mass is 16.4. The summed E-state index contributed by atoms with van der Waals surface area (Å²) in [6.07, 6.45) is 12.2. The van der Waals surface area contributed by atoms with Crippen molar-refractivity contribution in [2.75, 3.05) is 32.7 Å². The quantitative estimate of drug-likeness (QED) is 0.378. The van der Waals surface area contributed by atoms with E-state index in [1.165, 1.54) is 81.1 Å². The van der Waals surface area contributed by atoms with Gasteiger partial charge in [0.15, 0.2) is 0 Å². The van der Waals surface area contributed by atoms with Crippen molar-refractivity contribution in [3.63, 3.8) is 0 Å². The predicted molar refractivity (Wildman–Crippen MR) is 156 cm³/mol. The smallest absolute Gasteiger partial charge is 0.321 e. The molecular formula is C34H48N2O2. The third kappa shape index (κ3) is 7.07. The zero-order valence-electron chi connectivity index (χ0n) is 23.4. The Hall–Kier alpha value is -2.17. The lowest BCUT2D eigenvalue weighted by atomic mass is 9.83. The molecule has 38 heavy (non-hydrogen) atoms.